The van der Waals surface area contributed by atoms with Gasteiger partial charge in [-0.15, -0.1) is 0 Å². The molecule has 0 saturated carbocycles. The molecule has 372 valence electrons. The van der Waals surface area contributed by atoms with Crippen molar-refractivity contribution in [1.82, 2.24) is 0 Å². The van der Waals surface area contributed by atoms with Gasteiger partial charge in [0.2, 0.25) is 0 Å². The first-order chi connectivity index (χ1) is 30.5. The van der Waals surface area contributed by atoms with Gasteiger partial charge in [0.1, 0.15) is 6.10 Å². The van der Waals surface area contributed by atoms with Crippen molar-refractivity contribution in [2.24, 2.45) is 0 Å². The Kier molecular flexibility index (Phi) is 58.9. The highest BCUT2D eigenvalue weighted by Crippen LogP contribution is 2.20. The predicted molar refractivity (Wildman–Crippen MR) is 275 cm³/mol. The van der Waals surface area contributed by atoms with Gasteiger partial charge in [0.05, 0.1) is 6.61 Å². The van der Waals surface area contributed by atoms with E-state index >= 15 is 0 Å². The number of hydrogen-bond acceptors (Lipinski definition) is 4. The summed E-state index contributed by atoms with van der Waals surface area (Å²) in [5.74, 6) is 0.0778. The van der Waals surface area contributed by atoms with E-state index in [4.69, 9.17) is 9.47 Å². The van der Waals surface area contributed by atoms with E-state index in [9.17, 15) is 9.59 Å². The molecule has 0 N–H and O–H groups in total. The van der Waals surface area contributed by atoms with Crippen LogP contribution in [0.15, 0.2) is 0 Å². The van der Waals surface area contributed by atoms with E-state index < -0.39 is 0 Å². The van der Waals surface area contributed by atoms with Crippen molar-refractivity contribution in [2.75, 3.05) is 6.61 Å². The monoisotopic (exact) mass is 877 g/mol. The molecule has 0 aliphatic heterocycles. The van der Waals surface area contributed by atoms with Crippen molar-refractivity contribution < 1.29 is 19.1 Å². The van der Waals surface area contributed by atoms with Crippen LogP contribution in [0.3, 0.4) is 0 Å². The van der Waals surface area contributed by atoms with Crippen LogP contribution in [0.25, 0.3) is 0 Å². The molecule has 4 nitrogen and oxygen atoms in total. The number of unbranched alkanes of at least 4 members (excludes halogenated alkanes) is 40. The molecule has 62 heavy (non-hydrogen) atoms. The van der Waals surface area contributed by atoms with Gasteiger partial charge in [-0.2, -0.15) is 0 Å². The van der Waals surface area contributed by atoms with E-state index in [1.54, 1.807) is 0 Å². The average Bonchev–Trinajstić information content (AvgIpc) is 3.27. The summed E-state index contributed by atoms with van der Waals surface area (Å²) in [4.78, 5) is 24.1. The fourth-order valence-corrected chi connectivity index (χ4v) is 8.70. The number of carbonyl (C=O) groups is 2. The number of rotatable bonds is 51. The van der Waals surface area contributed by atoms with Crippen molar-refractivity contribution >= 4 is 11.9 Å². The quantitative estimate of drug-likeness (QED) is 0.0451. The maximum atomic E-state index is 12.5. The summed E-state index contributed by atoms with van der Waals surface area (Å²) in [5.41, 5.74) is 0. The largest absolute Gasteiger partial charge is 0.466 e. The highest BCUT2D eigenvalue weighted by Gasteiger charge is 2.14. The topological polar surface area (TPSA) is 52.6 Å². The molecule has 0 aliphatic rings. The average molecular weight is 878 g/mol. The Bertz CT molecular complexity index is 826. The van der Waals surface area contributed by atoms with Crippen LogP contribution in [-0.2, 0) is 19.1 Å². The third-order valence-electron chi connectivity index (χ3n) is 13.0. The Morgan fingerprint density at radius 2 is 0.500 bits per heavy atom. The standard InChI is InChI=1S/C34H68O2.C24H48O2/c1-4-7-10-13-16-18-19-21-23-26-29-32-34(35)36-33(30-27-24-15-12-9-6-3)31-28-25-22-20-17-14-11-8-5-2;1-3-5-7-9-10-11-12-13-14-15-16-17-19-21-23-26-24(25)22-20-18-8-6-4-2/h33H,4-32H2,1-3H3;3-23H2,1-2H3. The molecule has 4 heteroatoms. The SMILES string of the molecule is CCCCCCCCCCCCCC(=O)OC(CCCCCCCC)CCCCCCCCCCC.CCCCCCCCCCCCCCCCOC(=O)CCCCCCC. The van der Waals surface area contributed by atoms with Crippen LogP contribution in [0, 0.1) is 0 Å². The van der Waals surface area contributed by atoms with E-state index in [0.29, 0.717) is 19.4 Å². The predicted octanol–water partition coefficient (Wildman–Crippen LogP) is 20.6. The Morgan fingerprint density at radius 1 is 0.274 bits per heavy atom. The second-order valence-electron chi connectivity index (χ2n) is 19.6. The Morgan fingerprint density at radius 3 is 0.790 bits per heavy atom. The molecule has 0 fully saturated rings. The van der Waals surface area contributed by atoms with Crippen LogP contribution >= 0.6 is 0 Å². The van der Waals surface area contributed by atoms with E-state index in [1.807, 2.05) is 0 Å². The molecular formula is C58H116O4. The zero-order chi connectivity index (χ0) is 45.5. The van der Waals surface area contributed by atoms with Crippen LogP contribution < -0.4 is 0 Å². The van der Waals surface area contributed by atoms with E-state index in [-0.39, 0.29) is 18.0 Å². The smallest absolute Gasteiger partial charge is 0.306 e. The highest BCUT2D eigenvalue weighted by molar-refractivity contribution is 5.69. The first kappa shape index (κ1) is 63.0. The lowest BCUT2D eigenvalue weighted by Crippen LogP contribution is -2.18. The Labute approximate surface area is 391 Å². The zero-order valence-electron chi connectivity index (χ0n) is 43.6. The van der Waals surface area contributed by atoms with Crippen molar-refractivity contribution in [3.8, 4) is 0 Å². The molecule has 1 unspecified atom stereocenters. The fraction of sp³-hybridized carbons (Fsp3) is 0.966. The molecule has 0 heterocycles. The van der Waals surface area contributed by atoms with Crippen LogP contribution in [0.1, 0.15) is 349 Å². The lowest BCUT2D eigenvalue weighted by atomic mass is 10.0. The molecule has 0 bridgehead atoms. The van der Waals surface area contributed by atoms with Gasteiger partial charge in [0.25, 0.3) is 0 Å². The van der Waals surface area contributed by atoms with Crippen LogP contribution in [0.5, 0.6) is 0 Å². The van der Waals surface area contributed by atoms with Crippen LogP contribution in [0.4, 0.5) is 0 Å². The minimum absolute atomic E-state index is 0.0104. The third-order valence-corrected chi connectivity index (χ3v) is 13.0. The number of carbonyl (C=O) groups excluding carboxylic acids is 2. The summed E-state index contributed by atoms with van der Waals surface area (Å²) in [7, 11) is 0. The molecule has 0 aliphatic carbocycles. The molecule has 1 atom stereocenters. The van der Waals surface area contributed by atoms with E-state index in [0.717, 1.165) is 32.1 Å². The normalized spacial score (nSPS) is 11.7. The van der Waals surface area contributed by atoms with Gasteiger partial charge in [-0.25, -0.2) is 0 Å². The highest BCUT2D eigenvalue weighted by atomic mass is 16.5. The number of esters is 2. The summed E-state index contributed by atoms with van der Waals surface area (Å²) in [5, 5.41) is 0. The van der Waals surface area contributed by atoms with E-state index in [1.165, 1.54) is 270 Å². The number of hydrogen-bond donors (Lipinski definition) is 0. The Balaban J connectivity index is 0. The summed E-state index contributed by atoms with van der Waals surface area (Å²) in [6, 6.07) is 0. The number of ether oxygens (including phenoxy) is 2. The van der Waals surface area contributed by atoms with Gasteiger partial charge in [-0.1, -0.05) is 291 Å². The molecule has 0 aromatic rings. The molecule has 0 spiro atoms. The summed E-state index contributed by atoms with van der Waals surface area (Å²) in [6.07, 6.45) is 63.2. The van der Waals surface area contributed by atoms with Gasteiger partial charge >= 0.3 is 11.9 Å². The molecule has 0 saturated heterocycles. The minimum Gasteiger partial charge on any atom is -0.466 e. The van der Waals surface area contributed by atoms with Crippen molar-refractivity contribution in [1.29, 1.82) is 0 Å². The van der Waals surface area contributed by atoms with E-state index in [2.05, 4.69) is 34.6 Å². The molecule has 0 rings (SSSR count). The molecule has 0 aromatic carbocycles. The van der Waals surface area contributed by atoms with Gasteiger partial charge in [-0.05, 0) is 44.9 Å². The van der Waals surface area contributed by atoms with Gasteiger partial charge in [0.15, 0.2) is 0 Å². The van der Waals surface area contributed by atoms with Gasteiger partial charge < -0.3 is 9.47 Å². The van der Waals surface area contributed by atoms with Crippen molar-refractivity contribution in [2.45, 2.75) is 355 Å². The van der Waals surface area contributed by atoms with Gasteiger partial charge in [-0.3, -0.25) is 9.59 Å². The third kappa shape index (κ3) is 57.0. The molecule has 0 amide bonds. The lowest BCUT2D eigenvalue weighted by Gasteiger charge is -2.18. The second-order valence-corrected chi connectivity index (χ2v) is 19.6. The molecular weight excluding hydrogens is 761 g/mol. The Hall–Kier alpha value is -1.06. The molecule has 0 radical (unpaired) electrons. The molecule has 0 aromatic heterocycles. The van der Waals surface area contributed by atoms with Crippen molar-refractivity contribution in [3.05, 3.63) is 0 Å². The van der Waals surface area contributed by atoms with Crippen molar-refractivity contribution in [3.63, 3.8) is 0 Å². The van der Waals surface area contributed by atoms with Crippen LogP contribution in [-0.4, -0.2) is 24.6 Å². The maximum absolute atomic E-state index is 12.5. The summed E-state index contributed by atoms with van der Waals surface area (Å²) < 4.78 is 11.3. The van der Waals surface area contributed by atoms with Gasteiger partial charge in [0, 0.05) is 12.8 Å². The lowest BCUT2D eigenvalue weighted by molar-refractivity contribution is -0.150. The maximum Gasteiger partial charge on any atom is 0.306 e. The second kappa shape index (κ2) is 58.0. The minimum atomic E-state index is 0.0104. The first-order valence-corrected chi connectivity index (χ1v) is 28.9. The summed E-state index contributed by atoms with van der Waals surface area (Å²) >= 11 is 0. The summed E-state index contributed by atoms with van der Waals surface area (Å²) in [6.45, 7) is 12.0. The van der Waals surface area contributed by atoms with Crippen LogP contribution in [0.2, 0.25) is 0 Å². The zero-order valence-corrected chi connectivity index (χ0v) is 43.6. The fourth-order valence-electron chi connectivity index (χ4n) is 8.70. The first-order valence-electron chi connectivity index (χ1n) is 28.9.